The Balaban J connectivity index is 1.44. The molecule has 2 aromatic heterocycles. The lowest BCUT2D eigenvalue weighted by Crippen LogP contribution is -2.54. The van der Waals surface area contributed by atoms with Crippen LogP contribution in [0.2, 0.25) is 0 Å². The molecular formula is C17H20N6O2. The summed E-state index contributed by atoms with van der Waals surface area (Å²) in [5.74, 6) is 0.918. The summed E-state index contributed by atoms with van der Waals surface area (Å²) in [6, 6.07) is 4.24. The highest BCUT2D eigenvalue weighted by Gasteiger charge is 2.35. The highest BCUT2D eigenvalue weighted by molar-refractivity contribution is 5.91. The van der Waals surface area contributed by atoms with Crippen LogP contribution in [0.1, 0.15) is 35.8 Å². The molecule has 8 heteroatoms. The van der Waals surface area contributed by atoms with E-state index in [0.29, 0.717) is 24.8 Å². The van der Waals surface area contributed by atoms with Crippen LogP contribution in [0.3, 0.4) is 0 Å². The first-order chi connectivity index (χ1) is 12.1. The first kappa shape index (κ1) is 15.7. The highest BCUT2D eigenvalue weighted by Crippen LogP contribution is 2.25. The Kier molecular flexibility index (Phi) is 3.95. The molecule has 25 heavy (non-hydrogen) atoms. The van der Waals surface area contributed by atoms with Crippen molar-refractivity contribution in [3.63, 3.8) is 0 Å². The standard InChI is InChI=1S/C17H20N6O2/c1-12(24)15-10-22(20-19-15)8-13-4-5-16(18-7-13)21-9-14-3-2-6-23(14)17(25)11-21/h4-5,7,10,14H,2-3,6,8-9,11H2,1H3. The minimum Gasteiger partial charge on any atom is -0.345 e. The van der Waals surface area contributed by atoms with E-state index in [4.69, 9.17) is 0 Å². The summed E-state index contributed by atoms with van der Waals surface area (Å²) in [7, 11) is 0. The van der Waals surface area contributed by atoms with Gasteiger partial charge >= 0.3 is 0 Å². The van der Waals surface area contributed by atoms with Crippen LogP contribution in [0, 0.1) is 0 Å². The Hall–Kier alpha value is -2.77. The van der Waals surface area contributed by atoms with E-state index in [1.807, 2.05) is 17.0 Å². The smallest absolute Gasteiger partial charge is 0.242 e. The molecule has 2 aliphatic heterocycles. The molecular weight excluding hydrogens is 320 g/mol. The van der Waals surface area contributed by atoms with Crippen LogP contribution in [0.4, 0.5) is 5.82 Å². The zero-order valence-electron chi connectivity index (χ0n) is 14.1. The van der Waals surface area contributed by atoms with Crippen molar-refractivity contribution in [2.24, 2.45) is 0 Å². The molecule has 1 amide bonds. The molecule has 1 atom stereocenters. The van der Waals surface area contributed by atoms with Crippen LogP contribution >= 0.6 is 0 Å². The number of anilines is 1. The molecule has 2 aromatic rings. The van der Waals surface area contributed by atoms with Crippen molar-refractivity contribution in [3.05, 3.63) is 35.8 Å². The van der Waals surface area contributed by atoms with Crippen molar-refractivity contribution in [3.8, 4) is 0 Å². The van der Waals surface area contributed by atoms with Crippen LogP contribution < -0.4 is 4.90 Å². The number of pyridine rings is 1. The van der Waals surface area contributed by atoms with Crippen LogP contribution in [0.15, 0.2) is 24.5 Å². The molecule has 4 heterocycles. The molecule has 4 rings (SSSR count). The van der Waals surface area contributed by atoms with Gasteiger partial charge in [-0.05, 0) is 24.5 Å². The van der Waals surface area contributed by atoms with Crippen molar-refractivity contribution in [2.75, 3.05) is 24.5 Å². The molecule has 0 N–H and O–H groups in total. The number of hydrogen-bond donors (Lipinski definition) is 0. The fraction of sp³-hybridized carbons (Fsp3) is 0.471. The van der Waals surface area contributed by atoms with Crippen LogP contribution in [-0.2, 0) is 11.3 Å². The van der Waals surface area contributed by atoms with Gasteiger partial charge < -0.3 is 9.80 Å². The van der Waals surface area contributed by atoms with Gasteiger partial charge in [-0.15, -0.1) is 5.10 Å². The average Bonchev–Trinajstić information content (AvgIpc) is 3.25. The molecule has 2 saturated heterocycles. The molecule has 0 aliphatic carbocycles. The predicted octanol–water partition coefficient (Wildman–Crippen LogP) is 0.735. The van der Waals surface area contributed by atoms with Gasteiger partial charge in [0.15, 0.2) is 5.78 Å². The van der Waals surface area contributed by atoms with Crippen molar-refractivity contribution < 1.29 is 9.59 Å². The number of hydrogen-bond acceptors (Lipinski definition) is 6. The maximum Gasteiger partial charge on any atom is 0.242 e. The summed E-state index contributed by atoms with van der Waals surface area (Å²) in [5.41, 5.74) is 1.33. The molecule has 0 radical (unpaired) electrons. The van der Waals surface area contributed by atoms with E-state index in [9.17, 15) is 9.59 Å². The Bertz CT molecular complexity index is 800. The van der Waals surface area contributed by atoms with Gasteiger partial charge in [-0.25, -0.2) is 9.67 Å². The van der Waals surface area contributed by atoms with E-state index >= 15 is 0 Å². The summed E-state index contributed by atoms with van der Waals surface area (Å²) < 4.78 is 1.62. The van der Waals surface area contributed by atoms with E-state index in [1.165, 1.54) is 6.92 Å². The van der Waals surface area contributed by atoms with E-state index in [0.717, 1.165) is 37.3 Å². The summed E-state index contributed by atoms with van der Waals surface area (Å²) in [6.07, 6.45) is 5.59. The normalized spacial score (nSPS) is 20.0. The van der Waals surface area contributed by atoms with Gasteiger partial charge in [0.05, 0.1) is 19.3 Å². The fourth-order valence-corrected chi connectivity index (χ4v) is 3.52. The quantitative estimate of drug-likeness (QED) is 0.763. The van der Waals surface area contributed by atoms with Gasteiger partial charge in [0.1, 0.15) is 11.5 Å². The first-order valence-corrected chi connectivity index (χ1v) is 8.50. The number of rotatable bonds is 4. The summed E-state index contributed by atoms with van der Waals surface area (Å²) in [6.45, 7) is 4.11. The van der Waals surface area contributed by atoms with Crippen molar-refractivity contribution >= 4 is 17.5 Å². The molecule has 2 fully saturated rings. The Morgan fingerprint density at radius 1 is 1.36 bits per heavy atom. The third-order valence-corrected chi connectivity index (χ3v) is 4.83. The zero-order chi connectivity index (χ0) is 17.4. The van der Waals surface area contributed by atoms with Gasteiger partial charge in [0, 0.05) is 32.3 Å². The minimum atomic E-state index is -0.101. The Morgan fingerprint density at radius 3 is 2.96 bits per heavy atom. The van der Waals surface area contributed by atoms with Gasteiger partial charge in [-0.3, -0.25) is 9.59 Å². The maximum atomic E-state index is 12.2. The Morgan fingerprint density at radius 2 is 2.24 bits per heavy atom. The van der Waals surface area contributed by atoms with Crippen LogP contribution in [-0.4, -0.2) is 62.2 Å². The van der Waals surface area contributed by atoms with E-state index in [1.54, 1.807) is 17.1 Å². The number of nitrogens with zero attached hydrogens (tertiary/aromatic N) is 6. The molecule has 8 nitrogen and oxygen atoms in total. The van der Waals surface area contributed by atoms with Gasteiger partial charge in [-0.2, -0.15) is 0 Å². The molecule has 0 spiro atoms. The van der Waals surface area contributed by atoms with Gasteiger partial charge in [0.2, 0.25) is 5.91 Å². The fourth-order valence-electron chi connectivity index (χ4n) is 3.52. The number of ketones is 1. The number of Topliss-reactive ketones (excluding diaryl/α,β-unsaturated/α-hetero) is 1. The minimum absolute atomic E-state index is 0.101. The van der Waals surface area contributed by atoms with Crippen LogP contribution in [0.5, 0.6) is 0 Å². The zero-order valence-corrected chi connectivity index (χ0v) is 14.1. The molecule has 1 unspecified atom stereocenters. The van der Waals surface area contributed by atoms with Crippen molar-refractivity contribution in [2.45, 2.75) is 32.4 Å². The van der Waals surface area contributed by atoms with E-state index in [-0.39, 0.29) is 11.7 Å². The van der Waals surface area contributed by atoms with E-state index in [2.05, 4.69) is 20.2 Å². The number of piperazine rings is 1. The number of carbonyl (C=O) groups is 2. The second-order valence-electron chi connectivity index (χ2n) is 6.65. The third-order valence-electron chi connectivity index (χ3n) is 4.83. The number of fused-ring (bicyclic) bond motifs is 1. The summed E-state index contributed by atoms with van der Waals surface area (Å²) in [5, 5.41) is 7.78. The van der Waals surface area contributed by atoms with E-state index < -0.39 is 0 Å². The predicted molar refractivity (Wildman–Crippen MR) is 90.3 cm³/mol. The lowest BCUT2D eigenvalue weighted by Gasteiger charge is -2.37. The third kappa shape index (κ3) is 3.11. The van der Waals surface area contributed by atoms with Crippen LogP contribution in [0.25, 0.3) is 0 Å². The second kappa shape index (κ2) is 6.27. The largest absolute Gasteiger partial charge is 0.345 e. The topological polar surface area (TPSA) is 84.2 Å². The number of carbonyl (C=O) groups excluding carboxylic acids is 2. The van der Waals surface area contributed by atoms with Crippen molar-refractivity contribution in [1.82, 2.24) is 24.9 Å². The first-order valence-electron chi connectivity index (χ1n) is 8.50. The monoisotopic (exact) mass is 340 g/mol. The van der Waals surface area contributed by atoms with Gasteiger partial charge in [0.25, 0.3) is 0 Å². The number of aromatic nitrogens is 4. The lowest BCUT2D eigenvalue weighted by atomic mass is 10.1. The Labute approximate surface area is 145 Å². The SMILES string of the molecule is CC(=O)c1cn(Cc2ccc(N3CC(=O)N4CCCC4C3)nc2)nn1. The highest BCUT2D eigenvalue weighted by atomic mass is 16.2. The van der Waals surface area contributed by atoms with Crippen molar-refractivity contribution in [1.29, 1.82) is 0 Å². The summed E-state index contributed by atoms with van der Waals surface area (Å²) in [4.78, 5) is 32.1. The lowest BCUT2D eigenvalue weighted by molar-refractivity contribution is -0.131. The van der Waals surface area contributed by atoms with Gasteiger partial charge in [-0.1, -0.05) is 11.3 Å². The molecule has 130 valence electrons. The average molecular weight is 340 g/mol. The molecule has 0 saturated carbocycles. The molecule has 2 aliphatic rings. The number of amides is 1. The molecule has 0 aromatic carbocycles. The maximum absolute atomic E-state index is 12.2. The second-order valence-corrected chi connectivity index (χ2v) is 6.65. The molecule has 0 bridgehead atoms. The summed E-state index contributed by atoms with van der Waals surface area (Å²) >= 11 is 0.